The van der Waals surface area contributed by atoms with Gasteiger partial charge in [-0.1, -0.05) is 0 Å². The predicted molar refractivity (Wildman–Crippen MR) is 86.2 cm³/mol. The minimum absolute atomic E-state index is 0.652. The lowest BCUT2D eigenvalue weighted by atomic mass is 9.97. The highest BCUT2D eigenvalue weighted by Crippen LogP contribution is 2.14. The molecule has 0 atom stereocenters. The second-order valence-corrected chi connectivity index (χ2v) is 5.77. The highest BCUT2D eigenvalue weighted by atomic mass is 15.3. The predicted octanol–water partition coefficient (Wildman–Crippen LogP) is 0.817. The number of nitrogens with one attached hydrogen (secondary N) is 2. The van der Waals surface area contributed by atoms with Gasteiger partial charge in [-0.25, -0.2) is 4.99 Å². The van der Waals surface area contributed by atoms with Crippen LogP contribution in [0, 0.1) is 5.92 Å². The second kappa shape index (κ2) is 8.02. The summed E-state index contributed by atoms with van der Waals surface area (Å²) in [5.41, 5.74) is 1.12. The van der Waals surface area contributed by atoms with Crippen LogP contribution in [0.5, 0.6) is 0 Å². The van der Waals surface area contributed by atoms with Crippen LogP contribution in [-0.2, 0) is 13.6 Å². The third kappa shape index (κ3) is 5.04. The van der Waals surface area contributed by atoms with E-state index in [1.54, 1.807) is 0 Å². The number of aliphatic imine (C=N–C) groups is 1. The molecule has 6 nitrogen and oxygen atoms in total. The summed E-state index contributed by atoms with van der Waals surface area (Å²) in [6, 6.07) is 2.00. The number of guanidine groups is 1. The first kappa shape index (κ1) is 15.8. The van der Waals surface area contributed by atoms with Crippen molar-refractivity contribution in [3.63, 3.8) is 0 Å². The van der Waals surface area contributed by atoms with Crippen LogP contribution in [0.3, 0.4) is 0 Å². The number of likely N-dealkylation sites (tertiary alicyclic amines) is 1. The summed E-state index contributed by atoms with van der Waals surface area (Å²) < 4.78 is 1.87. The van der Waals surface area contributed by atoms with Gasteiger partial charge in [0.15, 0.2) is 5.96 Å². The normalized spacial score (nSPS) is 18.0. The second-order valence-electron chi connectivity index (χ2n) is 5.77. The summed E-state index contributed by atoms with van der Waals surface area (Å²) in [6.45, 7) is 7.04. The first-order valence-corrected chi connectivity index (χ1v) is 7.86. The lowest BCUT2D eigenvalue weighted by Crippen LogP contribution is -2.42. The summed E-state index contributed by atoms with van der Waals surface area (Å²) in [4.78, 5) is 7.04. The minimum atomic E-state index is 0.652. The van der Waals surface area contributed by atoms with Crippen LogP contribution in [0.4, 0.5) is 0 Å². The van der Waals surface area contributed by atoms with Crippen LogP contribution < -0.4 is 10.6 Å². The monoisotopic (exact) mass is 292 g/mol. The molecule has 118 valence electrons. The minimum Gasteiger partial charge on any atom is -0.357 e. The first-order chi connectivity index (χ1) is 10.2. The van der Waals surface area contributed by atoms with E-state index in [2.05, 4.69) is 39.6 Å². The fourth-order valence-corrected chi connectivity index (χ4v) is 2.57. The molecule has 6 heteroatoms. The molecule has 0 radical (unpaired) electrons. The Balaban J connectivity index is 1.82. The van der Waals surface area contributed by atoms with Crippen LogP contribution in [0.25, 0.3) is 0 Å². The van der Waals surface area contributed by atoms with Crippen molar-refractivity contribution in [2.45, 2.75) is 26.3 Å². The van der Waals surface area contributed by atoms with Gasteiger partial charge in [0, 0.05) is 26.3 Å². The standard InChI is InChI=1S/C15H28N6/c1-4-16-15(18-12-14-5-8-19-21(14)3)17-11-13-6-9-20(2)10-7-13/h5,8,13H,4,6-7,9-12H2,1-3H3,(H2,16,17,18). The summed E-state index contributed by atoms with van der Waals surface area (Å²) in [6.07, 6.45) is 4.35. The lowest BCUT2D eigenvalue weighted by molar-refractivity contribution is 0.220. The van der Waals surface area contributed by atoms with E-state index < -0.39 is 0 Å². The van der Waals surface area contributed by atoms with Crippen molar-refractivity contribution in [2.24, 2.45) is 18.0 Å². The van der Waals surface area contributed by atoms with Gasteiger partial charge in [-0.3, -0.25) is 4.68 Å². The molecular formula is C15H28N6. The zero-order valence-electron chi connectivity index (χ0n) is 13.5. The summed E-state index contributed by atoms with van der Waals surface area (Å²) >= 11 is 0. The molecule has 1 aromatic heterocycles. The van der Waals surface area contributed by atoms with Crippen LogP contribution in [0.1, 0.15) is 25.5 Å². The van der Waals surface area contributed by atoms with Gasteiger partial charge < -0.3 is 15.5 Å². The van der Waals surface area contributed by atoms with Crippen LogP contribution in [-0.4, -0.2) is 53.9 Å². The molecule has 0 saturated carbocycles. The molecule has 0 unspecified atom stereocenters. The van der Waals surface area contributed by atoms with Crippen LogP contribution in [0.2, 0.25) is 0 Å². The van der Waals surface area contributed by atoms with Gasteiger partial charge in [0.1, 0.15) is 0 Å². The number of aromatic nitrogens is 2. The zero-order chi connectivity index (χ0) is 15.1. The fourth-order valence-electron chi connectivity index (χ4n) is 2.57. The molecule has 0 spiro atoms. The largest absolute Gasteiger partial charge is 0.357 e. The third-order valence-corrected chi connectivity index (χ3v) is 4.06. The topological polar surface area (TPSA) is 57.5 Å². The van der Waals surface area contributed by atoms with Gasteiger partial charge in [-0.15, -0.1) is 0 Å². The van der Waals surface area contributed by atoms with Gasteiger partial charge in [-0.2, -0.15) is 5.10 Å². The Morgan fingerprint density at radius 1 is 1.33 bits per heavy atom. The summed E-state index contributed by atoms with van der Waals surface area (Å²) in [7, 11) is 4.15. The highest BCUT2D eigenvalue weighted by molar-refractivity contribution is 5.79. The molecule has 2 rings (SSSR count). The maximum absolute atomic E-state index is 4.64. The van der Waals surface area contributed by atoms with E-state index >= 15 is 0 Å². The molecule has 21 heavy (non-hydrogen) atoms. The third-order valence-electron chi connectivity index (χ3n) is 4.06. The average molecular weight is 292 g/mol. The highest BCUT2D eigenvalue weighted by Gasteiger charge is 2.16. The summed E-state index contributed by atoms with van der Waals surface area (Å²) in [5.74, 6) is 1.65. The lowest BCUT2D eigenvalue weighted by Gasteiger charge is -2.29. The number of piperidine rings is 1. The Bertz CT molecular complexity index is 445. The number of hydrogen-bond donors (Lipinski definition) is 2. The van der Waals surface area contributed by atoms with Gasteiger partial charge >= 0.3 is 0 Å². The van der Waals surface area contributed by atoms with E-state index in [1.807, 2.05) is 24.0 Å². The summed E-state index contributed by atoms with van der Waals surface area (Å²) in [5, 5.41) is 11.0. The molecule has 2 heterocycles. The van der Waals surface area contributed by atoms with E-state index in [0.29, 0.717) is 6.54 Å². The average Bonchev–Trinajstić information content (AvgIpc) is 2.89. The molecule has 0 aliphatic carbocycles. The van der Waals surface area contributed by atoms with Crippen molar-refractivity contribution in [1.29, 1.82) is 0 Å². The molecule has 1 saturated heterocycles. The molecule has 0 aromatic carbocycles. The number of rotatable bonds is 5. The Hall–Kier alpha value is -1.56. The van der Waals surface area contributed by atoms with E-state index in [1.165, 1.54) is 25.9 Å². The first-order valence-electron chi connectivity index (χ1n) is 7.86. The van der Waals surface area contributed by atoms with Crippen molar-refractivity contribution in [3.8, 4) is 0 Å². The SMILES string of the molecule is CCNC(=NCc1ccnn1C)NCC1CCN(C)CC1. The van der Waals surface area contributed by atoms with Crippen molar-refractivity contribution >= 4 is 5.96 Å². The van der Waals surface area contributed by atoms with Crippen molar-refractivity contribution in [2.75, 3.05) is 33.2 Å². The van der Waals surface area contributed by atoms with Gasteiger partial charge in [0.05, 0.1) is 12.2 Å². The molecule has 1 aromatic rings. The quantitative estimate of drug-likeness (QED) is 0.623. The Morgan fingerprint density at radius 3 is 2.71 bits per heavy atom. The van der Waals surface area contributed by atoms with E-state index in [9.17, 15) is 0 Å². The van der Waals surface area contributed by atoms with Gasteiger partial charge in [0.25, 0.3) is 0 Å². The van der Waals surface area contributed by atoms with Gasteiger partial charge in [0.2, 0.25) is 0 Å². The van der Waals surface area contributed by atoms with E-state index in [-0.39, 0.29) is 0 Å². The molecule has 2 N–H and O–H groups in total. The number of nitrogens with zero attached hydrogens (tertiary/aromatic N) is 4. The maximum Gasteiger partial charge on any atom is 0.191 e. The fraction of sp³-hybridized carbons (Fsp3) is 0.733. The molecular weight excluding hydrogens is 264 g/mol. The Morgan fingerprint density at radius 2 is 2.10 bits per heavy atom. The number of hydrogen-bond acceptors (Lipinski definition) is 3. The van der Waals surface area contributed by atoms with Gasteiger partial charge in [-0.05, 0) is 51.9 Å². The molecule has 1 aliphatic rings. The molecule has 0 bridgehead atoms. The van der Waals surface area contributed by atoms with Crippen molar-refractivity contribution in [3.05, 3.63) is 18.0 Å². The van der Waals surface area contributed by atoms with E-state index in [0.717, 1.165) is 30.7 Å². The molecule has 1 fully saturated rings. The Labute approximate surface area is 127 Å². The van der Waals surface area contributed by atoms with E-state index in [4.69, 9.17) is 0 Å². The van der Waals surface area contributed by atoms with Crippen LogP contribution in [0.15, 0.2) is 17.3 Å². The maximum atomic E-state index is 4.64. The van der Waals surface area contributed by atoms with Crippen molar-refractivity contribution in [1.82, 2.24) is 25.3 Å². The smallest absolute Gasteiger partial charge is 0.191 e. The Kier molecular flexibility index (Phi) is 6.04. The number of aryl methyl sites for hydroxylation is 1. The zero-order valence-corrected chi connectivity index (χ0v) is 13.5. The molecule has 1 aliphatic heterocycles. The van der Waals surface area contributed by atoms with Crippen molar-refractivity contribution < 1.29 is 0 Å². The van der Waals surface area contributed by atoms with Crippen LogP contribution >= 0.6 is 0 Å². The molecule has 0 amide bonds.